The molecule has 2 heteroatoms. The van der Waals surface area contributed by atoms with Gasteiger partial charge in [0.2, 0.25) is 11.5 Å². The van der Waals surface area contributed by atoms with Crippen molar-refractivity contribution in [2.24, 2.45) is 0 Å². The molecule has 0 saturated heterocycles. The van der Waals surface area contributed by atoms with Crippen molar-refractivity contribution in [3.8, 4) is 16.9 Å². The van der Waals surface area contributed by atoms with E-state index >= 15 is 0 Å². The largest absolute Gasteiger partial charge is 0.451 e. The van der Waals surface area contributed by atoms with Gasteiger partial charge in [0.25, 0.3) is 0 Å². The van der Waals surface area contributed by atoms with Gasteiger partial charge in [0, 0.05) is 19.6 Å². The van der Waals surface area contributed by atoms with Gasteiger partial charge in [0.1, 0.15) is 23.5 Å². The number of hydrogen-bond donors (Lipinski definition) is 0. The summed E-state index contributed by atoms with van der Waals surface area (Å²) in [5, 5.41) is 0. The summed E-state index contributed by atoms with van der Waals surface area (Å²) in [5.41, 5.74) is 17.1. The highest BCUT2D eigenvalue weighted by molar-refractivity contribution is 5.91. The molecule has 0 N–H and O–H groups in total. The van der Waals surface area contributed by atoms with Crippen LogP contribution in [0.5, 0.6) is 5.75 Å². The number of ether oxygens (including phenoxy) is 2. The lowest BCUT2D eigenvalue weighted by atomic mass is 9.69. The van der Waals surface area contributed by atoms with Gasteiger partial charge in [0.05, 0.1) is 12.0 Å². The van der Waals surface area contributed by atoms with Gasteiger partial charge >= 0.3 is 0 Å². The zero-order valence-electron chi connectivity index (χ0n) is 25.8. The normalized spacial score (nSPS) is 18.3. The average molecular weight is 557 g/mol. The SMILES string of the molecule is CCCCCCC1(CCCCCC)C2=C([CH-]C=C=C2)c2ccc(-c3ccc4c(c3)C3=C([CH+]C=C=C3)OC(C)(C)O4)cc21. The standard InChI is InChI=1S/C40H44O2/c1-5-7-9-15-25-40(26-16-10-8-6-2)35-19-13-11-17-31(35)32-23-21-30(28-36(32)40)29-22-24-38-34(27-29)33-18-12-14-20-37(33)41-39(3,4)42-38/h11,14,17-24,27-28H,5-10,15-16,25-26H2,1-4H3. The van der Waals surface area contributed by atoms with Crippen molar-refractivity contribution in [3.63, 3.8) is 0 Å². The Morgan fingerprint density at radius 3 is 2.29 bits per heavy atom. The van der Waals surface area contributed by atoms with Crippen LogP contribution in [0.25, 0.3) is 22.3 Å². The van der Waals surface area contributed by atoms with Crippen LogP contribution < -0.4 is 4.74 Å². The Bertz CT molecular complexity index is 1530. The van der Waals surface area contributed by atoms with E-state index in [4.69, 9.17) is 9.47 Å². The molecule has 2 aromatic rings. The van der Waals surface area contributed by atoms with E-state index in [1.807, 2.05) is 32.4 Å². The van der Waals surface area contributed by atoms with Crippen molar-refractivity contribution >= 4 is 11.1 Å². The fourth-order valence-corrected chi connectivity index (χ4v) is 7.21. The van der Waals surface area contributed by atoms with E-state index in [1.54, 1.807) is 0 Å². The molecule has 2 aromatic carbocycles. The zero-order chi connectivity index (χ0) is 29.2. The third-order valence-corrected chi connectivity index (χ3v) is 9.26. The highest BCUT2D eigenvalue weighted by Gasteiger charge is 2.39. The molecule has 0 radical (unpaired) electrons. The molecule has 0 spiro atoms. The molecule has 0 atom stereocenters. The Morgan fingerprint density at radius 2 is 1.52 bits per heavy atom. The second kappa shape index (κ2) is 11.9. The fourth-order valence-electron chi connectivity index (χ4n) is 7.21. The molecule has 3 aliphatic carbocycles. The Hall–Kier alpha value is -3.70. The molecule has 42 heavy (non-hydrogen) atoms. The predicted octanol–water partition coefficient (Wildman–Crippen LogP) is 11.0. The highest BCUT2D eigenvalue weighted by Crippen LogP contribution is 2.55. The van der Waals surface area contributed by atoms with Gasteiger partial charge in [0.15, 0.2) is 0 Å². The van der Waals surface area contributed by atoms with Crippen molar-refractivity contribution in [1.29, 1.82) is 0 Å². The molecular formula is C40H44O2. The van der Waals surface area contributed by atoms with Gasteiger partial charge < -0.3 is 9.47 Å². The highest BCUT2D eigenvalue weighted by atomic mass is 16.7. The lowest BCUT2D eigenvalue weighted by Crippen LogP contribution is -2.30. The van der Waals surface area contributed by atoms with Crippen molar-refractivity contribution in [3.05, 3.63) is 113 Å². The molecule has 0 amide bonds. The van der Waals surface area contributed by atoms with Crippen LogP contribution in [0.1, 0.15) is 109 Å². The number of allylic oxidation sites excluding steroid dienone is 5. The summed E-state index contributed by atoms with van der Waals surface area (Å²) in [6.45, 7) is 8.54. The Kier molecular flexibility index (Phi) is 8.04. The first-order valence-corrected chi connectivity index (χ1v) is 16.1. The summed E-state index contributed by atoms with van der Waals surface area (Å²) in [5.74, 6) is 0.912. The van der Waals surface area contributed by atoms with E-state index in [-0.39, 0.29) is 5.41 Å². The molecule has 0 fully saturated rings. The second-order valence-corrected chi connectivity index (χ2v) is 12.7. The lowest BCUT2D eigenvalue weighted by molar-refractivity contribution is -0.120. The third kappa shape index (κ3) is 5.31. The van der Waals surface area contributed by atoms with Gasteiger partial charge in [-0.25, -0.2) is 5.73 Å². The molecule has 1 heterocycles. The number of unbranched alkanes of at least 4 members (excludes halogenated alkanes) is 6. The Labute approximate surface area is 253 Å². The number of benzene rings is 2. The monoisotopic (exact) mass is 556 g/mol. The second-order valence-electron chi connectivity index (χ2n) is 12.7. The number of fused-ring (bicyclic) bond motifs is 4. The summed E-state index contributed by atoms with van der Waals surface area (Å²) in [7, 11) is 0. The molecule has 2 nitrogen and oxygen atoms in total. The van der Waals surface area contributed by atoms with Gasteiger partial charge in [-0.15, -0.1) is 29.7 Å². The van der Waals surface area contributed by atoms with Crippen LogP contribution in [-0.4, -0.2) is 5.79 Å². The van der Waals surface area contributed by atoms with Gasteiger partial charge in [-0.2, -0.15) is 0 Å². The van der Waals surface area contributed by atoms with Crippen molar-refractivity contribution in [1.82, 2.24) is 0 Å². The maximum absolute atomic E-state index is 6.36. The molecule has 0 saturated carbocycles. The third-order valence-electron chi connectivity index (χ3n) is 9.26. The molecular weight excluding hydrogens is 512 g/mol. The quantitative estimate of drug-likeness (QED) is 0.156. The molecule has 0 unspecified atom stereocenters. The van der Waals surface area contributed by atoms with Crippen LogP contribution in [-0.2, 0) is 10.2 Å². The lowest BCUT2D eigenvalue weighted by Gasteiger charge is -2.38. The van der Waals surface area contributed by atoms with Gasteiger partial charge in [-0.1, -0.05) is 101 Å². The first kappa shape index (κ1) is 28.4. The summed E-state index contributed by atoms with van der Waals surface area (Å²) in [6.07, 6.45) is 25.2. The maximum Gasteiger partial charge on any atom is 0.248 e. The molecule has 0 bridgehead atoms. The smallest absolute Gasteiger partial charge is 0.248 e. The average Bonchev–Trinajstić information content (AvgIpc) is 3.19. The van der Waals surface area contributed by atoms with Crippen LogP contribution in [0.2, 0.25) is 0 Å². The molecule has 1 aliphatic heterocycles. The molecule has 4 aliphatic rings. The summed E-state index contributed by atoms with van der Waals surface area (Å²) >= 11 is 0. The Morgan fingerprint density at radius 1 is 0.786 bits per heavy atom. The molecule has 6 rings (SSSR count). The first-order chi connectivity index (χ1) is 20.5. The summed E-state index contributed by atoms with van der Waals surface area (Å²) in [4.78, 5) is 0. The van der Waals surface area contributed by atoms with E-state index in [1.165, 1.54) is 97.6 Å². The van der Waals surface area contributed by atoms with E-state index in [9.17, 15) is 0 Å². The van der Waals surface area contributed by atoms with E-state index in [2.05, 4.69) is 80.3 Å². The van der Waals surface area contributed by atoms with Crippen LogP contribution in [0.3, 0.4) is 0 Å². The summed E-state index contributed by atoms with van der Waals surface area (Å²) in [6, 6.07) is 13.8. The van der Waals surface area contributed by atoms with E-state index in [0.29, 0.717) is 0 Å². The van der Waals surface area contributed by atoms with Crippen LogP contribution >= 0.6 is 0 Å². The van der Waals surface area contributed by atoms with Crippen LogP contribution in [0.15, 0.2) is 83.5 Å². The van der Waals surface area contributed by atoms with E-state index in [0.717, 1.165) is 22.6 Å². The first-order valence-electron chi connectivity index (χ1n) is 16.1. The molecule has 0 aromatic heterocycles. The van der Waals surface area contributed by atoms with E-state index < -0.39 is 5.79 Å². The van der Waals surface area contributed by atoms with Crippen molar-refractivity contribution in [2.75, 3.05) is 0 Å². The van der Waals surface area contributed by atoms with Crippen molar-refractivity contribution < 1.29 is 9.47 Å². The molecule has 216 valence electrons. The Balaban J connectivity index is 1.43. The minimum absolute atomic E-state index is 0.0497. The summed E-state index contributed by atoms with van der Waals surface area (Å²) < 4.78 is 12.6. The number of hydrogen-bond acceptors (Lipinski definition) is 2. The van der Waals surface area contributed by atoms with Gasteiger partial charge in [-0.3, -0.25) is 0 Å². The minimum Gasteiger partial charge on any atom is -0.451 e. The maximum atomic E-state index is 6.36. The van der Waals surface area contributed by atoms with Crippen LogP contribution in [0, 0.1) is 12.8 Å². The van der Waals surface area contributed by atoms with Crippen LogP contribution in [0.4, 0.5) is 0 Å². The van der Waals surface area contributed by atoms with Gasteiger partial charge in [-0.05, 0) is 41.5 Å². The predicted molar refractivity (Wildman–Crippen MR) is 175 cm³/mol. The number of rotatable bonds is 11. The zero-order valence-corrected chi connectivity index (χ0v) is 25.8. The van der Waals surface area contributed by atoms with Crippen molar-refractivity contribution in [2.45, 2.75) is 103 Å². The topological polar surface area (TPSA) is 18.5 Å². The minimum atomic E-state index is -0.756. The fraction of sp³-hybridized carbons (Fsp3) is 0.400.